The second-order valence-electron chi connectivity index (χ2n) is 6.98. The zero-order valence-electron chi connectivity index (χ0n) is 15.6. The third kappa shape index (κ3) is 5.28. The maximum atomic E-state index is 12.8. The molecule has 154 valence electrons. The highest BCUT2D eigenvalue weighted by molar-refractivity contribution is 6.30. The van der Waals surface area contributed by atoms with Crippen LogP contribution in [0.1, 0.15) is 30.0 Å². The van der Waals surface area contributed by atoms with E-state index in [0.29, 0.717) is 16.6 Å². The van der Waals surface area contributed by atoms with Gasteiger partial charge >= 0.3 is 0 Å². The van der Waals surface area contributed by atoms with Gasteiger partial charge in [0, 0.05) is 23.1 Å². The predicted octanol–water partition coefficient (Wildman–Crippen LogP) is 2.70. The lowest BCUT2D eigenvalue weighted by Crippen LogP contribution is -2.50. The fourth-order valence-corrected chi connectivity index (χ4v) is 3.76. The summed E-state index contributed by atoms with van der Waals surface area (Å²) in [5.41, 5.74) is 1.63. The van der Waals surface area contributed by atoms with Crippen molar-refractivity contribution in [3.8, 4) is 0 Å². The van der Waals surface area contributed by atoms with Crippen molar-refractivity contribution in [3.63, 3.8) is 0 Å². The number of hydrogen-bond donors (Lipinski definition) is 3. The number of carbonyl (C=O) groups excluding carboxylic acids is 2. The number of rotatable bonds is 6. The molecule has 1 fully saturated rings. The molecular weight excluding hydrogens is 415 g/mol. The summed E-state index contributed by atoms with van der Waals surface area (Å²) < 4.78 is 0. The second-order valence-corrected chi connectivity index (χ2v) is 7.85. The SMILES string of the molecule is O=C(NCc1ccc(Cl)cc1)[C@H](O)[C@@H](O)C(=O)N1CCCC1c1cccc(Cl)c1. The highest BCUT2D eigenvalue weighted by atomic mass is 35.5. The van der Waals surface area contributed by atoms with E-state index in [4.69, 9.17) is 23.2 Å². The van der Waals surface area contributed by atoms with Crippen molar-refractivity contribution in [2.24, 2.45) is 0 Å². The number of nitrogens with zero attached hydrogens (tertiary/aromatic N) is 1. The first kappa shape index (κ1) is 21.6. The Hall–Kier alpha value is -2.12. The van der Waals surface area contributed by atoms with Gasteiger partial charge in [-0.3, -0.25) is 9.59 Å². The van der Waals surface area contributed by atoms with E-state index >= 15 is 0 Å². The van der Waals surface area contributed by atoms with Gasteiger partial charge in [0.15, 0.2) is 12.2 Å². The molecule has 0 saturated carbocycles. The van der Waals surface area contributed by atoms with E-state index in [1.807, 2.05) is 6.07 Å². The molecule has 1 unspecified atom stereocenters. The Bertz CT molecular complexity index is 875. The Morgan fingerprint density at radius 2 is 1.79 bits per heavy atom. The highest BCUT2D eigenvalue weighted by Gasteiger charge is 2.38. The van der Waals surface area contributed by atoms with Crippen LogP contribution in [0, 0.1) is 0 Å². The zero-order valence-corrected chi connectivity index (χ0v) is 17.1. The van der Waals surface area contributed by atoms with E-state index in [1.54, 1.807) is 42.5 Å². The lowest BCUT2D eigenvalue weighted by molar-refractivity contribution is -0.153. The molecule has 1 aliphatic rings. The van der Waals surface area contributed by atoms with Crippen molar-refractivity contribution in [3.05, 3.63) is 69.7 Å². The third-order valence-electron chi connectivity index (χ3n) is 4.97. The summed E-state index contributed by atoms with van der Waals surface area (Å²) in [5, 5.41) is 24.2. The van der Waals surface area contributed by atoms with Crippen LogP contribution in [0.4, 0.5) is 0 Å². The lowest BCUT2D eigenvalue weighted by atomic mass is 10.0. The summed E-state index contributed by atoms with van der Waals surface area (Å²) in [6, 6.07) is 13.8. The first-order valence-corrected chi connectivity index (χ1v) is 10.1. The maximum Gasteiger partial charge on any atom is 0.255 e. The van der Waals surface area contributed by atoms with Gasteiger partial charge in [0.2, 0.25) is 0 Å². The zero-order chi connectivity index (χ0) is 21.0. The summed E-state index contributed by atoms with van der Waals surface area (Å²) in [6.07, 6.45) is -2.23. The Balaban J connectivity index is 1.61. The topological polar surface area (TPSA) is 89.9 Å². The smallest absolute Gasteiger partial charge is 0.255 e. The molecule has 6 nitrogen and oxygen atoms in total. The van der Waals surface area contributed by atoms with Crippen LogP contribution >= 0.6 is 23.2 Å². The quantitative estimate of drug-likeness (QED) is 0.649. The Morgan fingerprint density at radius 3 is 2.48 bits per heavy atom. The van der Waals surface area contributed by atoms with E-state index in [2.05, 4.69) is 5.32 Å². The summed E-state index contributed by atoms with van der Waals surface area (Å²) in [6.45, 7) is 0.578. The number of amides is 2. The number of hydrogen-bond acceptors (Lipinski definition) is 4. The van der Waals surface area contributed by atoms with E-state index in [-0.39, 0.29) is 12.6 Å². The number of aliphatic hydroxyl groups excluding tert-OH is 2. The molecule has 1 saturated heterocycles. The standard InChI is InChI=1S/C21H22Cl2N2O4/c22-15-8-6-13(7-9-15)12-24-20(28)18(26)19(27)21(29)25-10-2-5-17(25)14-3-1-4-16(23)11-14/h1,3-4,6-9,11,17-19,26-27H,2,5,10,12H2,(H,24,28)/t17?,18-,19-/m1/s1. The van der Waals surface area contributed by atoms with Gasteiger partial charge in [-0.15, -0.1) is 0 Å². The summed E-state index contributed by atoms with van der Waals surface area (Å²) in [4.78, 5) is 26.5. The van der Waals surface area contributed by atoms with Gasteiger partial charge in [-0.05, 0) is 48.2 Å². The molecule has 0 spiro atoms. The molecule has 0 bridgehead atoms. The first-order valence-electron chi connectivity index (χ1n) is 9.31. The number of likely N-dealkylation sites (tertiary alicyclic amines) is 1. The Kier molecular flexibility index (Phi) is 7.14. The minimum Gasteiger partial charge on any atom is -0.380 e. The molecule has 2 aromatic rings. The van der Waals surface area contributed by atoms with Crippen LogP contribution < -0.4 is 5.32 Å². The molecular formula is C21H22Cl2N2O4. The van der Waals surface area contributed by atoms with E-state index in [0.717, 1.165) is 24.0 Å². The predicted molar refractivity (Wildman–Crippen MR) is 110 cm³/mol. The number of benzene rings is 2. The van der Waals surface area contributed by atoms with Crippen molar-refractivity contribution in [2.75, 3.05) is 6.54 Å². The minimum absolute atomic E-state index is 0.142. The normalized spacial score (nSPS) is 18.3. The summed E-state index contributed by atoms with van der Waals surface area (Å²) in [7, 11) is 0. The van der Waals surface area contributed by atoms with Gasteiger partial charge in [-0.1, -0.05) is 47.5 Å². The third-order valence-corrected chi connectivity index (χ3v) is 5.46. The number of halogens is 2. The van der Waals surface area contributed by atoms with Crippen molar-refractivity contribution in [1.82, 2.24) is 10.2 Å². The van der Waals surface area contributed by atoms with Crippen LogP contribution in [0.5, 0.6) is 0 Å². The second kappa shape index (κ2) is 9.59. The van der Waals surface area contributed by atoms with Crippen LogP contribution in [-0.2, 0) is 16.1 Å². The largest absolute Gasteiger partial charge is 0.380 e. The number of aliphatic hydroxyl groups is 2. The molecule has 0 radical (unpaired) electrons. The first-order chi connectivity index (χ1) is 13.9. The number of nitrogens with one attached hydrogen (secondary N) is 1. The van der Waals surface area contributed by atoms with Crippen LogP contribution in [0.15, 0.2) is 48.5 Å². The molecule has 8 heteroatoms. The van der Waals surface area contributed by atoms with Gasteiger partial charge in [0.05, 0.1) is 6.04 Å². The highest BCUT2D eigenvalue weighted by Crippen LogP contribution is 2.33. The van der Waals surface area contributed by atoms with Gasteiger partial charge in [-0.2, -0.15) is 0 Å². The number of carbonyl (C=O) groups is 2. The molecule has 0 aromatic heterocycles. The molecule has 2 amide bonds. The molecule has 1 aliphatic heterocycles. The maximum absolute atomic E-state index is 12.8. The molecule has 3 N–H and O–H groups in total. The molecule has 29 heavy (non-hydrogen) atoms. The molecule has 2 aromatic carbocycles. The lowest BCUT2D eigenvalue weighted by Gasteiger charge is -2.28. The molecule has 0 aliphatic carbocycles. The summed E-state index contributed by atoms with van der Waals surface area (Å²) in [5.74, 6) is -1.50. The monoisotopic (exact) mass is 436 g/mol. The van der Waals surface area contributed by atoms with Crippen LogP contribution in [-0.4, -0.2) is 45.7 Å². The van der Waals surface area contributed by atoms with E-state index in [1.165, 1.54) is 4.90 Å². The van der Waals surface area contributed by atoms with Crippen LogP contribution in [0.3, 0.4) is 0 Å². The Labute approximate surface area is 179 Å². The van der Waals surface area contributed by atoms with Crippen molar-refractivity contribution in [1.29, 1.82) is 0 Å². The van der Waals surface area contributed by atoms with Crippen molar-refractivity contribution < 1.29 is 19.8 Å². The average molecular weight is 437 g/mol. The van der Waals surface area contributed by atoms with Gasteiger partial charge in [0.1, 0.15) is 0 Å². The molecule has 3 rings (SSSR count). The van der Waals surface area contributed by atoms with Gasteiger partial charge < -0.3 is 20.4 Å². The van der Waals surface area contributed by atoms with Crippen molar-refractivity contribution in [2.45, 2.75) is 37.6 Å². The van der Waals surface area contributed by atoms with Gasteiger partial charge in [-0.25, -0.2) is 0 Å². The van der Waals surface area contributed by atoms with Crippen molar-refractivity contribution >= 4 is 35.0 Å². The van der Waals surface area contributed by atoms with Crippen LogP contribution in [0.2, 0.25) is 10.0 Å². The fourth-order valence-electron chi connectivity index (χ4n) is 3.44. The molecule has 3 atom stereocenters. The average Bonchev–Trinajstić information content (AvgIpc) is 3.21. The summed E-state index contributed by atoms with van der Waals surface area (Å²) >= 11 is 11.9. The minimum atomic E-state index is -1.87. The fraction of sp³-hybridized carbons (Fsp3) is 0.333. The van der Waals surface area contributed by atoms with Gasteiger partial charge in [0.25, 0.3) is 11.8 Å². The van der Waals surface area contributed by atoms with Crippen LogP contribution in [0.25, 0.3) is 0 Å². The Morgan fingerprint density at radius 1 is 1.07 bits per heavy atom. The van der Waals surface area contributed by atoms with E-state index < -0.39 is 24.0 Å². The van der Waals surface area contributed by atoms with E-state index in [9.17, 15) is 19.8 Å². The molecule has 1 heterocycles.